The fourth-order valence-corrected chi connectivity index (χ4v) is 5.45. The first-order chi connectivity index (χ1) is 15.9. The van der Waals surface area contributed by atoms with Crippen molar-refractivity contribution in [2.45, 2.75) is 39.5 Å². The highest BCUT2D eigenvalue weighted by Gasteiger charge is 2.22. The molecule has 0 aliphatic carbocycles. The minimum atomic E-state index is 0.376. The fourth-order valence-electron chi connectivity index (χ4n) is 4.59. The molecule has 0 bridgehead atoms. The first-order valence-electron chi connectivity index (χ1n) is 11.4. The third kappa shape index (κ3) is 2.97. The minimum Gasteiger partial charge on any atom is -0.453 e. The van der Waals surface area contributed by atoms with Gasteiger partial charge in [0.25, 0.3) is 0 Å². The van der Waals surface area contributed by atoms with Crippen LogP contribution in [0.5, 0.6) is 0 Å². The molecule has 6 heteroatoms. The number of nitrogens with zero attached hydrogens (tertiary/aromatic N) is 4. The molecular weight excluding hydrogens is 428 g/mol. The third-order valence-electron chi connectivity index (χ3n) is 6.52. The first kappa shape index (κ1) is 20.2. The Kier molecular flexibility index (Phi) is 4.49. The van der Waals surface area contributed by atoms with E-state index < -0.39 is 0 Å². The number of aryl methyl sites for hydroxylation is 1. The molecular formula is C27H26N4OS. The summed E-state index contributed by atoms with van der Waals surface area (Å²) in [6.45, 7) is 8.89. The Morgan fingerprint density at radius 3 is 2.55 bits per heavy atom. The average Bonchev–Trinajstić information content (AvgIpc) is 3.38. The van der Waals surface area contributed by atoms with E-state index in [1.165, 1.54) is 28.2 Å². The number of hydrogen-bond acceptors (Lipinski definition) is 4. The van der Waals surface area contributed by atoms with Crippen LogP contribution < -0.4 is 0 Å². The Hall–Kier alpha value is -3.38. The number of benzene rings is 2. The molecule has 5 nitrogen and oxygen atoms in total. The van der Waals surface area contributed by atoms with Crippen molar-refractivity contribution in [1.82, 2.24) is 18.7 Å². The van der Waals surface area contributed by atoms with E-state index in [1.54, 1.807) is 0 Å². The lowest BCUT2D eigenvalue weighted by molar-refractivity contribution is 0.629. The zero-order chi connectivity index (χ0) is 22.9. The summed E-state index contributed by atoms with van der Waals surface area (Å²) in [7, 11) is 2.09. The second-order valence-corrected chi connectivity index (χ2v) is 10.1. The van der Waals surface area contributed by atoms with Crippen LogP contribution in [-0.4, -0.2) is 18.7 Å². The summed E-state index contributed by atoms with van der Waals surface area (Å²) in [6.07, 6.45) is 2.01. The number of pyridine rings is 1. The second kappa shape index (κ2) is 7.32. The summed E-state index contributed by atoms with van der Waals surface area (Å²) < 4.78 is 16.4. The average molecular weight is 455 g/mol. The number of hydrogen-bond donors (Lipinski definition) is 0. The van der Waals surface area contributed by atoms with Gasteiger partial charge < -0.3 is 4.42 Å². The van der Waals surface area contributed by atoms with E-state index in [0.29, 0.717) is 11.8 Å². The molecule has 0 aliphatic heterocycles. The molecule has 6 rings (SSSR count). The fraction of sp³-hybridized carbons (Fsp3) is 0.259. The molecule has 0 saturated heterocycles. The van der Waals surface area contributed by atoms with E-state index in [9.17, 15) is 0 Å². The molecule has 0 radical (unpaired) electrons. The minimum absolute atomic E-state index is 0.376. The van der Waals surface area contributed by atoms with Crippen LogP contribution in [0, 0.1) is 0 Å². The molecule has 0 saturated carbocycles. The van der Waals surface area contributed by atoms with Crippen LogP contribution in [0.2, 0.25) is 0 Å². The van der Waals surface area contributed by atoms with E-state index >= 15 is 0 Å². The van der Waals surface area contributed by atoms with E-state index in [2.05, 4.69) is 74.4 Å². The molecule has 4 heterocycles. The smallest absolute Gasteiger partial charge is 0.174 e. The lowest BCUT2D eigenvalue weighted by atomic mass is 9.97. The van der Waals surface area contributed by atoms with Gasteiger partial charge in [0.15, 0.2) is 11.4 Å². The number of furan rings is 1. The summed E-state index contributed by atoms with van der Waals surface area (Å²) in [5.74, 6) is 1.82. The van der Waals surface area contributed by atoms with Gasteiger partial charge >= 0.3 is 0 Å². The zero-order valence-electron chi connectivity index (χ0n) is 19.5. The Balaban J connectivity index is 1.52. The largest absolute Gasteiger partial charge is 0.453 e. The Morgan fingerprint density at radius 2 is 1.76 bits per heavy atom. The number of para-hydroxylation sites is 1. The van der Waals surface area contributed by atoms with Crippen molar-refractivity contribution in [3.8, 4) is 17.1 Å². The second-order valence-electron chi connectivity index (χ2n) is 9.32. The molecule has 2 aromatic carbocycles. The molecule has 0 unspecified atom stereocenters. The SMILES string of the molecule is CC(C)c1cnc(-n2c3cc(-c4nsc5c4oc4ccccc45)ccc3n2C)c(C(C)C)c1. The molecule has 33 heavy (non-hydrogen) atoms. The van der Waals surface area contributed by atoms with Gasteiger partial charge in [-0.2, -0.15) is 4.37 Å². The van der Waals surface area contributed by atoms with Gasteiger partial charge in [-0.25, -0.2) is 9.67 Å². The van der Waals surface area contributed by atoms with Gasteiger partial charge in [0, 0.05) is 24.2 Å². The lowest BCUT2D eigenvalue weighted by Crippen LogP contribution is -2.21. The van der Waals surface area contributed by atoms with Gasteiger partial charge in [-0.3, -0.25) is 4.68 Å². The molecule has 6 aromatic rings. The van der Waals surface area contributed by atoms with Crippen molar-refractivity contribution in [1.29, 1.82) is 0 Å². The van der Waals surface area contributed by atoms with Crippen LogP contribution in [0.3, 0.4) is 0 Å². The van der Waals surface area contributed by atoms with Crippen molar-refractivity contribution in [2.24, 2.45) is 7.05 Å². The van der Waals surface area contributed by atoms with Crippen LogP contribution in [0.4, 0.5) is 0 Å². The van der Waals surface area contributed by atoms with Crippen LogP contribution in [0.25, 0.3) is 49.4 Å². The molecule has 0 aliphatic rings. The summed E-state index contributed by atoms with van der Waals surface area (Å²) in [4.78, 5) is 4.92. The van der Waals surface area contributed by atoms with Gasteiger partial charge in [-0.15, -0.1) is 0 Å². The van der Waals surface area contributed by atoms with E-state index in [4.69, 9.17) is 13.8 Å². The van der Waals surface area contributed by atoms with E-state index in [-0.39, 0.29) is 0 Å². The van der Waals surface area contributed by atoms with Crippen LogP contribution in [0.1, 0.15) is 50.7 Å². The third-order valence-corrected chi connectivity index (χ3v) is 7.39. The Bertz CT molecular complexity index is 1640. The summed E-state index contributed by atoms with van der Waals surface area (Å²) in [5, 5.41) is 1.12. The van der Waals surface area contributed by atoms with Crippen molar-refractivity contribution < 1.29 is 4.42 Å². The van der Waals surface area contributed by atoms with Crippen molar-refractivity contribution >= 4 is 43.8 Å². The Labute approximate surface area is 196 Å². The Morgan fingerprint density at radius 1 is 0.939 bits per heavy atom. The molecule has 0 N–H and O–H groups in total. The lowest BCUT2D eigenvalue weighted by Gasteiger charge is -2.26. The van der Waals surface area contributed by atoms with E-state index in [0.717, 1.165) is 43.8 Å². The predicted molar refractivity (Wildman–Crippen MR) is 137 cm³/mol. The number of fused-ring (bicyclic) bond motifs is 4. The van der Waals surface area contributed by atoms with Gasteiger partial charge in [0.2, 0.25) is 0 Å². The quantitative estimate of drug-likeness (QED) is 0.275. The first-order valence-corrected chi connectivity index (χ1v) is 12.2. The predicted octanol–water partition coefficient (Wildman–Crippen LogP) is 7.63. The molecule has 0 spiro atoms. The molecule has 0 amide bonds. The summed E-state index contributed by atoms with van der Waals surface area (Å²) in [5.41, 5.74) is 8.58. The van der Waals surface area contributed by atoms with Crippen molar-refractivity contribution in [3.05, 3.63) is 65.9 Å². The maximum atomic E-state index is 6.20. The molecule has 166 valence electrons. The van der Waals surface area contributed by atoms with Gasteiger partial charge in [0.05, 0.1) is 11.0 Å². The topological polar surface area (TPSA) is 48.8 Å². The van der Waals surface area contributed by atoms with Crippen molar-refractivity contribution in [3.63, 3.8) is 0 Å². The molecule has 0 fully saturated rings. The van der Waals surface area contributed by atoms with Gasteiger partial charge in [-0.1, -0.05) is 45.9 Å². The zero-order valence-corrected chi connectivity index (χ0v) is 20.3. The molecule has 0 atom stereocenters. The highest BCUT2D eigenvalue weighted by Crippen LogP contribution is 2.39. The monoisotopic (exact) mass is 454 g/mol. The van der Waals surface area contributed by atoms with Gasteiger partial charge in [-0.05, 0) is 64.8 Å². The highest BCUT2D eigenvalue weighted by molar-refractivity contribution is 7.14. The maximum absolute atomic E-state index is 6.20. The maximum Gasteiger partial charge on any atom is 0.174 e. The van der Waals surface area contributed by atoms with Crippen molar-refractivity contribution in [2.75, 3.05) is 0 Å². The highest BCUT2D eigenvalue weighted by atomic mass is 32.1. The van der Waals surface area contributed by atoms with Gasteiger partial charge in [0.1, 0.15) is 16.0 Å². The number of aromatic nitrogens is 4. The van der Waals surface area contributed by atoms with E-state index in [1.807, 2.05) is 24.4 Å². The normalized spacial score (nSPS) is 12.3. The summed E-state index contributed by atoms with van der Waals surface area (Å²) in [6, 6.07) is 17.0. The standard InChI is InChI=1S/C27H26N4OS/c1-15(2)18-12-20(16(3)4)27(28-14-18)31-22-13-17(10-11-21(22)30(31)5)24-25-26(33-29-24)19-8-6-7-9-23(19)32-25/h6-16H,1-5H3. The summed E-state index contributed by atoms with van der Waals surface area (Å²) >= 11 is 1.50. The van der Waals surface area contributed by atoms with Crippen LogP contribution >= 0.6 is 11.5 Å². The van der Waals surface area contributed by atoms with Crippen LogP contribution in [-0.2, 0) is 7.05 Å². The van der Waals surface area contributed by atoms with Crippen LogP contribution in [0.15, 0.2) is 59.1 Å². The number of rotatable bonds is 4. The molecule has 4 aromatic heterocycles.